The Balaban J connectivity index is 2.15. The van der Waals surface area contributed by atoms with Gasteiger partial charge in [0.05, 0.1) is 0 Å². The number of anilines is 1. The molecule has 0 aliphatic carbocycles. The van der Waals surface area contributed by atoms with Gasteiger partial charge in [-0.15, -0.1) is 0 Å². The van der Waals surface area contributed by atoms with Crippen LogP contribution in [0.4, 0.5) is 5.69 Å². The van der Waals surface area contributed by atoms with Gasteiger partial charge in [-0.2, -0.15) is 0 Å². The molecule has 0 N–H and O–H groups in total. The summed E-state index contributed by atoms with van der Waals surface area (Å²) < 4.78 is 5.92. The van der Waals surface area contributed by atoms with E-state index in [2.05, 4.69) is 13.0 Å². The molecule has 2 aromatic rings. The maximum absolute atomic E-state index is 12.5. The Kier molecular flexibility index (Phi) is 4.86. The zero-order valence-corrected chi connectivity index (χ0v) is 13.9. The number of para-hydroxylation sites is 1. The van der Waals surface area contributed by atoms with Crippen molar-refractivity contribution in [2.24, 2.45) is 0 Å². The molecule has 0 aromatic heterocycles. The fourth-order valence-corrected chi connectivity index (χ4v) is 2.42. The van der Waals surface area contributed by atoms with Crippen molar-refractivity contribution in [1.82, 2.24) is 0 Å². The molecule has 0 aliphatic heterocycles. The summed E-state index contributed by atoms with van der Waals surface area (Å²) in [5.74, 6) is 0.713. The first-order valence-corrected chi connectivity index (χ1v) is 7.47. The average Bonchev–Trinajstić information content (AvgIpc) is 2.51. The number of carbonyl (C=O) groups excluding carboxylic acids is 1. The highest BCUT2D eigenvalue weighted by Gasteiger charge is 2.21. The number of nitrogens with zero attached hydrogens (tertiary/aromatic N) is 1. The molecular weight excluding hydrogens is 274 g/mol. The molecule has 3 nitrogen and oxygen atoms in total. The van der Waals surface area contributed by atoms with Crippen molar-refractivity contribution in [2.45, 2.75) is 33.8 Å². The van der Waals surface area contributed by atoms with E-state index in [0.717, 1.165) is 22.6 Å². The van der Waals surface area contributed by atoms with Crippen molar-refractivity contribution in [3.8, 4) is 5.75 Å². The summed E-state index contributed by atoms with van der Waals surface area (Å²) in [4.78, 5) is 14.2. The number of carbonyl (C=O) groups is 1. The molecule has 22 heavy (non-hydrogen) atoms. The van der Waals surface area contributed by atoms with Crippen LogP contribution >= 0.6 is 0 Å². The molecule has 0 bridgehead atoms. The Morgan fingerprint density at radius 1 is 1.09 bits per heavy atom. The smallest absolute Gasteiger partial charge is 0.267 e. The van der Waals surface area contributed by atoms with Crippen molar-refractivity contribution in [1.29, 1.82) is 0 Å². The lowest BCUT2D eigenvalue weighted by Crippen LogP contribution is -2.38. The summed E-state index contributed by atoms with van der Waals surface area (Å²) in [6.45, 7) is 7.89. The Hall–Kier alpha value is -2.29. The maximum atomic E-state index is 12.5. The summed E-state index contributed by atoms with van der Waals surface area (Å²) in [6, 6.07) is 13.7. The van der Waals surface area contributed by atoms with Gasteiger partial charge in [0.2, 0.25) is 0 Å². The van der Waals surface area contributed by atoms with E-state index in [9.17, 15) is 4.79 Å². The van der Waals surface area contributed by atoms with Crippen LogP contribution in [-0.2, 0) is 4.79 Å². The van der Waals surface area contributed by atoms with Crippen LogP contribution in [0.2, 0.25) is 0 Å². The third kappa shape index (κ3) is 3.48. The van der Waals surface area contributed by atoms with Gasteiger partial charge in [0, 0.05) is 12.7 Å². The van der Waals surface area contributed by atoms with Crippen LogP contribution in [-0.4, -0.2) is 19.1 Å². The van der Waals surface area contributed by atoms with Crippen molar-refractivity contribution < 1.29 is 9.53 Å². The number of rotatable bonds is 4. The fourth-order valence-electron chi connectivity index (χ4n) is 2.42. The molecule has 1 amide bonds. The molecular formula is C19H23NO2. The molecule has 116 valence electrons. The summed E-state index contributed by atoms with van der Waals surface area (Å²) in [7, 11) is 1.77. The summed E-state index contributed by atoms with van der Waals surface area (Å²) in [5.41, 5.74) is 4.24. The van der Waals surface area contributed by atoms with E-state index in [1.807, 2.05) is 50.2 Å². The van der Waals surface area contributed by atoms with E-state index in [1.165, 1.54) is 5.56 Å². The predicted molar refractivity (Wildman–Crippen MR) is 90.6 cm³/mol. The summed E-state index contributed by atoms with van der Waals surface area (Å²) in [5, 5.41) is 0. The molecule has 0 fully saturated rings. The van der Waals surface area contributed by atoms with Gasteiger partial charge in [0.1, 0.15) is 5.75 Å². The molecule has 0 radical (unpaired) electrons. The monoisotopic (exact) mass is 297 g/mol. The Morgan fingerprint density at radius 2 is 1.73 bits per heavy atom. The zero-order chi connectivity index (χ0) is 16.3. The van der Waals surface area contributed by atoms with E-state index in [-0.39, 0.29) is 5.91 Å². The van der Waals surface area contributed by atoms with E-state index in [1.54, 1.807) is 18.9 Å². The number of amides is 1. The van der Waals surface area contributed by atoms with Gasteiger partial charge >= 0.3 is 0 Å². The average molecular weight is 297 g/mol. The molecule has 0 spiro atoms. The van der Waals surface area contributed by atoms with Gasteiger partial charge in [-0.1, -0.05) is 24.3 Å². The fraction of sp³-hybridized carbons (Fsp3) is 0.316. The first kappa shape index (κ1) is 16.1. The zero-order valence-electron chi connectivity index (χ0n) is 13.9. The Labute approximate surface area is 132 Å². The lowest BCUT2D eigenvalue weighted by Gasteiger charge is -2.23. The van der Waals surface area contributed by atoms with Crippen LogP contribution in [0, 0.1) is 20.8 Å². The van der Waals surface area contributed by atoms with Crippen LogP contribution in [0.1, 0.15) is 23.6 Å². The molecule has 0 heterocycles. The molecule has 1 atom stereocenters. The molecule has 3 heteroatoms. The van der Waals surface area contributed by atoms with Crippen molar-refractivity contribution in [2.75, 3.05) is 11.9 Å². The van der Waals surface area contributed by atoms with Crippen molar-refractivity contribution in [3.05, 3.63) is 59.2 Å². The second kappa shape index (κ2) is 6.65. The van der Waals surface area contributed by atoms with E-state index in [0.29, 0.717) is 0 Å². The minimum Gasteiger partial charge on any atom is -0.481 e. The summed E-state index contributed by atoms with van der Waals surface area (Å²) in [6.07, 6.45) is -0.537. The lowest BCUT2D eigenvalue weighted by atomic mass is 10.1. The van der Waals surface area contributed by atoms with Crippen LogP contribution in [0.25, 0.3) is 0 Å². The second-order valence-electron chi connectivity index (χ2n) is 5.70. The first-order valence-electron chi connectivity index (χ1n) is 7.47. The quantitative estimate of drug-likeness (QED) is 0.852. The maximum Gasteiger partial charge on any atom is 0.267 e. The molecule has 0 unspecified atom stereocenters. The molecule has 2 aromatic carbocycles. The van der Waals surface area contributed by atoms with Gasteiger partial charge < -0.3 is 9.64 Å². The highest BCUT2D eigenvalue weighted by molar-refractivity contribution is 5.96. The van der Waals surface area contributed by atoms with Gasteiger partial charge in [0.15, 0.2) is 6.10 Å². The highest BCUT2D eigenvalue weighted by Crippen LogP contribution is 2.25. The molecule has 0 saturated heterocycles. The van der Waals surface area contributed by atoms with Crippen molar-refractivity contribution in [3.63, 3.8) is 0 Å². The van der Waals surface area contributed by atoms with Gasteiger partial charge in [-0.05, 0) is 62.6 Å². The third-order valence-electron chi connectivity index (χ3n) is 3.89. The van der Waals surface area contributed by atoms with Gasteiger partial charge in [-0.25, -0.2) is 0 Å². The van der Waals surface area contributed by atoms with Crippen LogP contribution < -0.4 is 9.64 Å². The molecule has 0 aliphatic rings. The normalized spacial score (nSPS) is 11.9. The minimum atomic E-state index is -0.537. The van der Waals surface area contributed by atoms with Gasteiger partial charge in [-0.3, -0.25) is 4.79 Å². The predicted octanol–water partition coefficient (Wildman–Crippen LogP) is 4.04. The number of hydrogen-bond acceptors (Lipinski definition) is 2. The van der Waals surface area contributed by atoms with Crippen LogP contribution in [0.5, 0.6) is 5.75 Å². The number of aryl methyl sites for hydroxylation is 2. The van der Waals surface area contributed by atoms with E-state index >= 15 is 0 Å². The lowest BCUT2D eigenvalue weighted by molar-refractivity contribution is -0.124. The molecule has 0 saturated carbocycles. The Bertz CT molecular complexity index is 665. The number of ether oxygens (including phenoxy) is 1. The standard InChI is InChI=1S/C19H23NO2/c1-13-11-14(2)15(3)18(12-13)22-16(4)19(21)20(5)17-9-7-6-8-10-17/h6-12,16H,1-5H3/t16-/m1/s1. The SMILES string of the molecule is Cc1cc(C)c(C)c(O[C@H](C)C(=O)N(C)c2ccccc2)c1. The van der Waals surface area contributed by atoms with E-state index < -0.39 is 6.10 Å². The number of benzene rings is 2. The minimum absolute atomic E-state index is 0.0650. The topological polar surface area (TPSA) is 29.5 Å². The third-order valence-corrected chi connectivity index (χ3v) is 3.89. The van der Waals surface area contributed by atoms with Crippen molar-refractivity contribution >= 4 is 11.6 Å². The van der Waals surface area contributed by atoms with Crippen LogP contribution in [0.3, 0.4) is 0 Å². The Morgan fingerprint density at radius 3 is 2.36 bits per heavy atom. The van der Waals surface area contributed by atoms with Crippen LogP contribution in [0.15, 0.2) is 42.5 Å². The summed E-state index contributed by atoms with van der Waals surface area (Å²) >= 11 is 0. The second-order valence-corrected chi connectivity index (χ2v) is 5.70. The first-order chi connectivity index (χ1) is 10.4. The van der Waals surface area contributed by atoms with E-state index in [4.69, 9.17) is 4.74 Å². The largest absolute Gasteiger partial charge is 0.481 e. The van der Waals surface area contributed by atoms with Gasteiger partial charge in [0.25, 0.3) is 5.91 Å². The number of hydrogen-bond donors (Lipinski definition) is 0. The highest BCUT2D eigenvalue weighted by atomic mass is 16.5. The molecule has 2 rings (SSSR count). The number of likely N-dealkylation sites (N-methyl/N-ethyl adjacent to an activating group) is 1.